The number of hydrogen-bond donors (Lipinski definition) is 3. The second kappa shape index (κ2) is 9.19. The molecule has 1 aliphatic heterocycles. The first-order chi connectivity index (χ1) is 11.2. The third kappa shape index (κ3) is 5.94. The van der Waals surface area contributed by atoms with Crippen LogP contribution in [0.25, 0.3) is 0 Å². The number of furan rings is 1. The van der Waals surface area contributed by atoms with E-state index in [4.69, 9.17) is 4.42 Å². The fraction of sp³-hybridized carbons (Fsp3) is 0.625. The van der Waals surface area contributed by atoms with Crippen molar-refractivity contribution in [3.8, 4) is 0 Å². The third-order valence-corrected chi connectivity index (χ3v) is 3.94. The summed E-state index contributed by atoms with van der Waals surface area (Å²) in [4.78, 5) is 25.0. The second-order valence-electron chi connectivity index (χ2n) is 5.75. The van der Waals surface area contributed by atoms with Crippen LogP contribution in [0.2, 0.25) is 0 Å². The summed E-state index contributed by atoms with van der Waals surface area (Å²) in [5.41, 5.74) is 0. The second-order valence-corrected chi connectivity index (χ2v) is 5.75. The average Bonchev–Trinajstić information content (AvgIpc) is 3.07. The van der Waals surface area contributed by atoms with Gasteiger partial charge in [-0.1, -0.05) is 6.42 Å². The molecule has 1 aliphatic rings. The van der Waals surface area contributed by atoms with Gasteiger partial charge in [0.05, 0.1) is 12.3 Å². The van der Waals surface area contributed by atoms with Gasteiger partial charge in [-0.2, -0.15) is 0 Å². The summed E-state index contributed by atoms with van der Waals surface area (Å²) in [5.74, 6) is 0.778. The molecule has 7 nitrogen and oxygen atoms in total. The topological polar surface area (TPSA) is 86.6 Å². The largest absolute Gasteiger partial charge is 0.468 e. The molecule has 23 heavy (non-hydrogen) atoms. The monoisotopic (exact) mass is 322 g/mol. The molecule has 0 bridgehead atoms. The van der Waals surface area contributed by atoms with Gasteiger partial charge in [0.1, 0.15) is 5.76 Å². The zero-order chi connectivity index (χ0) is 16.5. The van der Waals surface area contributed by atoms with Gasteiger partial charge in [0.15, 0.2) is 0 Å². The predicted octanol–water partition coefficient (Wildman–Crippen LogP) is 1.24. The molecule has 1 aromatic heterocycles. The lowest BCUT2D eigenvalue weighted by atomic mass is 10.1. The van der Waals surface area contributed by atoms with Gasteiger partial charge in [0.2, 0.25) is 5.91 Å². The molecule has 128 valence electrons. The van der Waals surface area contributed by atoms with Gasteiger partial charge in [0.25, 0.3) is 0 Å². The van der Waals surface area contributed by atoms with E-state index in [0.29, 0.717) is 19.6 Å². The Morgan fingerprint density at radius 1 is 1.17 bits per heavy atom. The predicted molar refractivity (Wildman–Crippen MR) is 87.0 cm³/mol. The smallest absolute Gasteiger partial charge is 0.314 e. The number of rotatable bonds is 7. The number of piperidine rings is 1. The van der Waals surface area contributed by atoms with Crippen LogP contribution in [-0.2, 0) is 4.79 Å². The van der Waals surface area contributed by atoms with Crippen molar-refractivity contribution >= 4 is 11.9 Å². The molecule has 1 atom stereocenters. The first-order valence-electron chi connectivity index (χ1n) is 8.20. The van der Waals surface area contributed by atoms with Gasteiger partial charge < -0.3 is 20.4 Å². The zero-order valence-electron chi connectivity index (χ0n) is 13.6. The number of amides is 3. The minimum Gasteiger partial charge on any atom is -0.468 e. The van der Waals surface area contributed by atoms with Crippen LogP contribution in [0.5, 0.6) is 0 Å². The SMILES string of the molecule is CC(=O)NCCNC(=O)NC[C@H](c1ccco1)N1CCCCC1. The molecule has 0 saturated carbocycles. The van der Waals surface area contributed by atoms with E-state index in [0.717, 1.165) is 18.8 Å². The summed E-state index contributed by atoms with van der Waals surface area (Å²) in [7, 11) is 0. The molecule has 0 aliphatic carbocycles. The van der Waals surface area contributed by atoms with Crippen molar-refractivity contribution in [2.45, 2.75) is 32.2 Å². The van der Waals surface area contributed by atoms with E-state index >= 15 is 0 Å². The number of urea groups is 1. The molecule has 0 aromatic carbocycles. The first-order valence-corrected chi connectivity index (χ1v) is 8.20. The number of nitrogens with one attached hydrogen (secondary N) is 3. The highest BCUT2D eigenvalue weighted by Gasteiger charge is 2.24. The van der Waals surface area contributed by atoms with E-state index in [2.05, 4.69) is 20.9 Å². The van der Waals surface area contributed by atoms with Crippen LogP contribution in [0.1, 0.15) is 38.0 Å². The zero-order valence-corrected chi connectivity index (χ0v) is 13.6. The van der Waals surface area contributed by atoms with Crippen LogP contribution in [0.15, 0.2) is 22.8 Å². The minimum absolute atomic E-state index is 0.0615. The van der Waals surface area contributed by atoms with Crippen LogP contribution in [0.4, 0.5) is 4.79 Å². The molecule has 3 amide bonds. The summed E-state index contributed by atoms with van der Waals surface area (Å²) < 4.78 is 5.55. The lowest BCUT2D eigenvalue weighted by molar-refractivity contribution is -0.118. The van der Waals surface area contributed by atoms with Crippen LogP contribution in [-0.4, -0.2) is 49.6 Å². The lowest BCUT2D eigenvalue weighted by Crippen LogP contribution is -2.45. The van der Waals surface area contributed by atoms with Crippen molar-refractivity contribution in [3.05, 3.63) is 24.2 Å². The Labute approximate surface area is 136 Å². The normalized spacial score (nSPS) is 16.6. The van der Waals surface area contributed by atoms with Gasteiger partial charge in [-0.25, -0.2) is 4.79 Å². The van der Waals surface area contributed by atoms with Gasteiger partial charge in [0, 0.05) is 26.6 Å². The number of hydrogen-bond acceptors (Lipinski definition) is 4. The van der Waals surface area contributed by atoms with Crippen LogP contribution in [0.3, 0.4) is 0 Å². The summed E-state index contributed by atoms with van der Waals surface area (Å²) in [6, 6.07) is 3.66. The van der Waals surface area contributed by atoms with Crippen LogP contribution in [0, 0.1) is 0 Å². The Morgan fingerprint density at radius 2 is 1.91 bits per heavy atom. The summed E-state index contributed by atoms with van der Waals surface area (Å²) >= 11 is 0. The van der Waals surface area contributed by atoms with Crippen LogP contribution < -0.4 is 16.0 Å². The molecular formula is C16H26N4O3. The highest BCUT2D eigenvalue weighted by atomic mass is 16.3. The lowest BCUT2D eigenvalue weighted by Gasteiger charge is -2.33. The van der Waals surface area contributed by atoms with Crippen molar-refractivity contribution in [1.82, 2.24) is 20.9 Å². The minimum atomic E-state index is -0.232. The molecule has 2 heterocycles. The number of likely N-dealkylation sites (tertiary alicyclic amines) is 1. The Kier molecular flexibility index (Phi) is 6.93. The van der Waals surface area contributed by atoms with Gasteiger partial charge in [-0.3, -0.25) is 9.69 Å². The molecule has 0 radical (unpaired) electrons. The van der Waals surface area contributed by atoms with Crippen LogP contribution >= 0.6 is 0 Å². The number of carbonyl (C=O) groups is 2. The summed E-state index contributed by atoms with van der Waals surface area (Å²) in [6.07, 6.45) is 5.29. The summed E-state index contributed by atoms with van der Waals surface area (Å²) in [5, 5.41) is 8.25. The van der Waals surface area contributed by atoms with E-state index in [-0.39, 0.29) is 18.0 Å². The van der Waals surface area contributed by atoms with Crippen molar-refractivity contribution < 1.29 is 14.0 Å². The van der Waals surface area contributed by atoms with Gasteiger partial charge in [-0.05, 0) is 38.1 Å². The molecule has 7 heteroatoms. The number of nitrogens with zero attached hydrogens (tertiary/aromatic N) is 1. The van der Waals surface area contributed by atoms with E-state index < -0.39 is 0 Å². The number of carbonyl (C=O) groups excluding carboxylic acids is 2. The van der Waals surface area contributed by atoms with Crippen molar-refractivity contribution in [1.29, 1.82) is 0 Å². The molecule has 0 spiro atoms. The molecule has 1 aromatic rings. The highest BCUT2D eigenvalue weighted by Crippen LogP contribution is 2.24. The Morgan fingerprint density at radius 3 is 2.57 bits per heavy atom. The fourth-order valence-electron chi connectivity index (χ4n) is 2.79. The Balaban J connectivity index is 1.79. The standard InChI is InChI=1S/C16H26N4O3/c1-13(21)17-7-8-18-16(22)19-12-14(15-6-5-11-23-15)20-9-3-2-4-10-20/h5-6,11,14H,2-4,7-10,12H2,1H3,(H,17,21)(H2,18,19,22)/t14-/m1/s1. The molecule has 2 rings (SSSR count). The maximum absolute atomic E-state index is 11.9. The molecular weight excluding hydrogens is 296 g/mol. The maximum Gasteiger partial charge on any atom is 0.314 e. The first kappa shape index (κ1) is 17.3. The highest BCUT2D eigenvalue weighted by molar-refractivity contribution is 5.74. The molecule has 1 fully saturated rings. The maximum atomic E-state index is 11.9. The van der Waals surface area contributed by atoms with Gasteiger partial charge >= 0.3 is 6.03 Å². The van der Waals surface area contributed by atoms with E-state index in [1.54, 1.807) is 6.26 Å². The summed E-state index contributed by atoms with van der Waals surface area (Å²) in [6.45, 7) is 4.83. The Bertz CT molecular complexity index is 484. The van der Waals surface area contributed by atoms with E-state index in [9.17, 15) is 9.59 Å². The molecule has 0 unspecified atom stereocenters. The average molecular weight is 322 g/mol. The molecule has 1 saturated heterocycles. The van der Waals surface area contributed by atoms with Crippen molar-refractivity contribution in [2.75, 3.05) is 32.7 Å². The fourth-order valence-corrected chi connectivity index (χ4v) is 2.79. The quantitative estimate of drug-likeness (QED) is 0.659. The van der Waals surface area contributed by atoms with Crippen molar-refractivity contribution in [2.24, 2.45) is 0 Å². The van der Waals surface area contributed by atoms with Gasteiger partial charge in [-0.15, -0.1) is 0 Å². The van der Waals surface area contributed by atoms with E-state index in [1.807, 2.05) is 12.1 Å². The third-order valence-electron chi connectivity index (χ3n) is 3.94. The van der Waals surface area contributed by atoms with Crippen molar-refractivity contribution in [3.63, 3.8) is 0 Å². The Hall–Kier alpha value is -2.02. The molecule has 3 N–H and O–H groups in total. The van der Waals surface area contributed by atoms with E-state index in [1.165, 1.54) is 26.2 Å².